The summed E-state index contributed by atoms with van der Waals surface area (Å²) in [6.45, 7) is 6.16. The maximum Gasteiger partial charge on any atom is 0.251 e. The Balaban J connectivity index is 1.74. The van der Waals surface area contributed by atoms with Crippen LogP contribution in [0.15, 0.2) is 54.9 Å². The van der Waals surface area contributed by atoms with Crippen LogP contribution in [0.2, 0.25) is 0 Å². The van der Waals surface area contributed by atoms with Gasteiger partial charge in [-0.15, -0.1) is 0 Å². The third-order valence-electron chi connectivity index (χ3n) is 5.55. The standard InChI is InChI=1S/C26H32N4O4/c1-26(2,3)19-9-7-17(8-10-19)25(32)28-16-22(31)29-23(24-27-11-12-30(24)4)18-13-20(33-5)15-21(14-18)34-6/h7-15,23H,16H2,1-6H3,(H,28,32)(H,29,31). The Kier molecular flexibility index (Phi) is 7.61. The first-order chi connectivity index (χ1) is 16.1. The van der Waals surface area contributed by atoms with Gasteiger partial charge in [0.1, 0.15) is 23.4 Å². The molecule has 34 heavy (non-hydrogen) atoms. The Morgan fingerprint density at radius 1 is 1.03 bits per heavy atom. The zero-order valence-electron chi connectivity index (χ0n) is 20.5. The number of hydrogen-bond donors (Lipinski definition) is 2. The normalized spacial score (nSPS) is 12.1. The van der Waals surface area contributed by atoms with E-state index in [2.05, 4.69) is 36.4 Å². The highest BCUT2D eigenvalue weighted by Crippen LogP contribution is 2.29. The zero-order chi connectivity index (χ0) is 24.9. The van der Waals surface area contributed by atoms with Crippen molar-refractivity contribution in [3.05, 3.63) is 77.4 Å². The molecular weight excluding hydrogens is 432 g/mol. The summed E-state index contributed by atoms with van der Waals surface area (Å²) < 4.78 is 12.6. The van der Waals surface area contributed by atoms with Crippen LogP contribution >= 0.6 is 0 Å². The number of nitrogens with zero attached hydrogens (tertiary/aromatic N) is 2. The predicted octanol–water partition coefficient (Wildman–Crippen LogP) is 3.37. The van der Waals surface area contributed by atoms with Gasteiger partial charge in [-0.25, -0.2) is 4.98 Å². The molecule has 0 spiro atoms. The summed E-state index contributed by atoms with van der Waals surface area (Å²) in [4.78, 5) is 29.8. The predicted molar refractivity (Wildman–Crippen MR) is 130 cm³/mol. The van der Waals surface area contributed by atoms with E-state index in [1.54, 1.807) is 44.8 Å². The number of hydrogen-bond acceptors (Lipinski definition) is 5. The number of aryl methyl sites for hydroxylation is 1. The highest BCUT2D eigenvalue weighted by Gasteiger charge is 2.23. The Morgan fingerprint density at radius 2 is 1.65 bits per heavy atom. The number of aromatic nitrogens is 2. The molecular formula is C26H32N4O4. The van der Waals surface area contributed by atoms with Gasteiger partial charge in [0.05, 0.1) is 20.8 Å². The minimum Gasteiger partial charge on any atom is -0.497 e. The summed E-state index contributed by atoms with van der Waals surface area (Å²) >= 11 is 0. The summed E-state index contributed by atoms with van der Waals surface area (Å²) in [5.74, 6) is 1.15. The van der Waals surface area contributed by atoms with Crippen molar-refractivity contribution in [2.75, 3.05) is 20.8 Å². The number of imidazole rings is 1. The van der Waals surface area contributed by atoms with E-state index in [1.807, 2.05) is 35.9 Å². The van der Waals surface area contributed by atoms with Crippen LogP contribution in [0.4, 0.5) is 0 Å². The van der Waals surface area contributed by atoms with Crippen molar-refractivity contribution < 1.29 is 19.1 Å². The van der Waals surface area contributed by atoms with Crippen LogP contribution in [0.25, 0.3) is 0 Å². The lowest BCUT2D eigenvalue weighted by Crippen LogP contribution is -2.39. The van der Waals surface area contributed by atoms with Crippen LogP contribution in [0.1, 0.15) is 54.1 Å². The Hall–Kier alpha value is -3.81. The quantitative estimate of drug-likeness (QED) is 0.533. The molecule has 3 aromatic rings. The summed E-state index contributed by atoms with van der Waals surface area (Å²) in [6, 6.07) is 12.2. The van der Waals surface area contributed by atoms with Gasteiger partial charge in [0.25, 0.3) is 5.91 Å². The third-order valence-corrected chi connectivity index (χ3v) is 5.55. The lowest BCUT2D eigenvalue weighted by atomic mass is 9.87. The second-order valence-corrected chi connectivity index (χ2v) is 9.05. The molecule has 8 heteroatoms. The minimum atomic E-state index is -0.570. The van der Waals surface area contributed by atoms with Crippen molar-refractivity contribution in [2.45, 2.75) is 32.2 Å². The Morgan fingerprint density at radius 3 is 2.15 bits per heavy atom. The van der Waals surface area contributed by atoms with Gasteiger partial charge in [-0.2, -0.15) is 0 Å². The highest BCUT2D eigenvalue weighted by molar-refractivity contribution is 5.96. The van der Waals surface area contributed by atoms with E-state index in [9.17, 15) is 9.59 Å². The van der Waals surface area contributed by atoms with Crippen molar-refractivity contribution in [1.82, 2.24) is 20.2 Å². The van der Waals surface area contributed by atoms with Gasteiger partial charge in [-0.1, -0.05) is 32.9 Å². The number of methoxy groups -OCH3 is 2. The first-order valence-electron chi connectivity index (χ1n) is 11.0. The monoisotopic (exact) mass is 464 g/mol. The van der Waals surface area contributed by atoms with Gasteiger partial charge >= 0.3 is 0 Å². The smallest absolute Gasteiger partial charge is 0.251 e. The molecule has 180 valence electrons. The van der Waals surface area contributed by atoms with Gasteiger partial charge < -0.3 is 24.7 Å². The van der Waals surface area contributed by atoms with Crippen LogP contribution < -0.4 is 20.1 Å². The van der Waals surface area contributed by atoms with Crippen LogP contribution in [0, 0.1) is 0 Å². The first-order valence-corrected chi connectivity index (χ1v) is 11.0. The molecule has 8 nitrogen and oxygen atoms in total. The molecule has 0 aliphatic carbocycles. The van der Waals surface area contributed by atoms with E-state index in [0.29, 0.717) is 22.9 Å². The van der Waals surface area contributed by atoms with Crippen molar-refractivity contribution in [3.63, 3.8) is 0 Å². The number of ether oxygens (including phenoxy) is 2. The van der Waals surface area contributed by atoms with E-state index in [1.165, 1.54) is 0 Å². The summed E-state index contributed by atoms with van der Waals surface area (Å²) in [7, 11) is 4.98. The number of benzene rings is 2. The molecule has 0 radical (unpaired) electrons. The average Bonchev–Trinajstić information content (AvgIpc) is 3.25. The number of carbonyl (C=O) groups excluding carboxylic acids is 2. The molecule has 0 aliphatic heterocycles. The number of nitrogens with one attached hydrogen (secondary N) is 2. The fourth-order valence-corrected chi connectivity index (χ4v) is 3.54. The summed E-state index contributed by atoms with van der Waals surface area (Å²) in [6.07, 6.45) is 3.46. The SMILES string of the molecule is COc1cc(OC)cc(C(NC(=O)CNC(=O)c2ccc(C(C)(C)C)cc2)c2nccn2C)c1. The van der Waals surface area contributed by atoms with Crippen molar-refractivity contribution in [2.24, 2.45) is 7.05 Å². The van der Waals surface area contributed by atoms with E-state index < -0.39 is 6.04 Å². The van der Waals surface area contributed by atoms with Crippen LogP contribution in [0.5, 0.6) is 11.5 Å². The topological polar surface area (TPSA) is 94.5 Å². The minimum absolute atomic E-state index is 0.00230. The van der Waals surface area contributed by atoms with E-state index in [4.69, 9.17) is 9.47 Å². The van der Waals surface area contributed by atoms with Gasteiger partial charge in [0, 0.05) is 31.1 Å². The maximum atomic E-state index is 12.8. The largest absolute Gasteiger partial charge is 0.497 e. The van der Waals surface area contributed by atoms with Gasteiger partial charge in [-0.3, -0.25) is 9.59 Å². The molecule has 0 aliphatic rings. The van der Waals surface area contributed by atoms with E-state index >= 15 is 0 Å². The lowest BCUT2D eigenvalue weighted by molar-refractivity contribution is -0.120. The zero-order valence-corrected chi connectivity index (χ0v) is 20.5. The highest BCUT2D eigenvalue weighted by atomic mass is 16.5. The van der Waals surface area contributed by atoms with E-state index in [-0.39, 0.29) is 23.8 Å². The second kappa shape index (κ2) is 10.4. The molecule has 0 bridgehead atoms. The molecule has 0 fully saturated rings. The number of carbonyl (C=O) groups is 2. The summed E-state index contributed by atoms with van der Waals surface area (Å²) in [5.41, 5.74) is 2.37. The summed E-state index contributed by atoms with van der Waals surface area (Å²) in [5, 5.41) is 5.66. The van der Waals surface area contributed by atoms with Crippen LogP contribution in [-0.4, -0.2) is 42.1 Å². The Labute approximate surface area is 200 Å². The molecule has 2 aromatic carbocycles. The van der Waals surface area contributed by atoms with Gasteiger partial charge in [0.2, 0.25) is 5.91 Å². The van der Waals surface area contributed by atoms with Crippen LogP contribution in [0.3, 0.4) is 0 Å². The molecule has 1 atom stereocenters. The third kappa shape index (κ3) is 5.95. The van der Waals surface area contributed by atoms with Crippen molar-refractivity contribution in [1.29, 1.82) is 0 Å². The molecule has 1 aromatic heterocycles. The first kappa shape index (κ1) is 24.8. The fourth-order valence-electron chi connectivity index (χ4n) is 3.54. The van der Waals surface area contributed by atoms with Gasteiger partial charge in [0.15, 0.2) is 0 Å². The maximum absolute atomic E-state index is 12.8. The molecule has 3 rings (SSSR count). The number of amides is 2. The lowest BCUT2D eigenvalue weighted by Gasteiger charge is -2.21. The Bertz CT molecular complexity index is 1120. The molecule has 2 N–H and O–H groups in total. The molecule has 1 heterocycles. The number of rotatable bonds is 8. The van der Waals surface area contributed by atoms with Gasteiger partial charge in [-0.05, 0) is 40.8 Å². The molecule has 1 unspecified atom stereocenters. The second-order valence-electron chi connectivity index (χ2n) is 9.05. The average molecular weight is 465 g/mol. The van der Waals surface area contributed by atoms with E-state index in [0.717, 1.165) is 11.1 Å². The van der Waals surface area contributed by atoms with Crippen LogP contribution in [-0.2, 0) is 17.3 Å². The fraction of sp³-hybridized carbons (Fsp3) is 0.346. The molecule has 0 saturated heterocycles. The molecule has 0 saturated carbocycles. The molecule has 2 amide bonds. The van der Waals surface area contributed by atoms with Crippen molar-refractivity contribution in [3.8, 4) is 11.5 Å². The van der Waals surface area contributed by atoms with Crippen molar-refractivity contribution >= 4 is 11.8 Å².